The number of hydrogen-bond donors (Lipinski definition) is 3. The van der Waals surface area contributed by atoms with Crippen molar-refractivity contribution in [2.45, 2.75) is 33.3 Å². The lowest BCUT2D eigenvalue weighted by Gasteiger charge is -2.19. The second-order valence-electron chi connectivity index (χ2n) is 7.41. The number of carbonyl (C=O) groups is 1. The van der Waals surface area contributed by atoms with Gasteiger partial charge in [0.15, 0.2) is 0 Å². The predicted octanol–water partition coefficient (Wildman–Crippen LogP) is 5.33. The SMILES string of the molecule is Cc1ccc2[nH]c3cc(NCCNC(=O)OC(C)(C)C)c(Br)cc3c2c1. The fourth-order valence-electron chi connectivity index (χ4n) is 2.85. The molecule has 0 saturated heterocycles. The first-order valence-corrected chi connectivity index (χ1v) is 9.44. The zero-order valence-corrected chi connectivity index (χ0v) is 17.1. The molecule has 26 heavy (non-hydrogen) atoms. The van der Waals surface area contributed by atoms with Crippen LogP contribution in [-0.2, 0) is 4.74 Å². The standard InChI is InChI=1S/C20H24BrN3O2/c1-12-5-6-16-13(9-12)14-10-15(21)18(11-17(14)24-16)22-7-8-23-19(25)26-20(2,3)4/h5-6,9-11,22,24H,7-8H2,1-4H3,(H,23,25). The number of aromatic amines is 1. The lowest BCUT2D eigenvalue weighted by atomic mass is 10.1. The second-order valence-corrected chi connectivity index (χ2v) is 8.26. The number of hydrogen-bond acceptors (Lipinski definition) is 3. The summed E-state index contributed by atoms with van der Waals surface area (Å²) in [5, 5.41) is 8.50. The molecule has 1 heterocycles. The molecule has 0 bridgehead atoms. The van der Waals surface area contributed by atoms with Gasteiger partial charge in [-0.05, 0) is 67.9 Å². The summed E-state index contributed by atoms with van der Waals surface area (Å²) in [4.78, 5) is 15.1. The summed E-state index contributed by atoms with van der Waals surface area (Å²) in [7, 11) is 0. The van der Waals surface area contributed by atoms with Crippen LogP contribution >= 0.6 is 15.9 Å². The molecule has 0 fully saturated rings. The van der Waals surface area contributed by atoms with Crippen molar-refractivity contribution in [1.82, 2.24) is 10.3 Å². The van der Waals surface area contributed by atoms with E-state index in [1.54, 1.807) is 0 Å². The van der Waals surface area contributed by atoms with Crippen LogP contribution in [-0.4, -0.2) is 29.8 Å². The van der Waals surface area contributed by atoms with E-state index in [9.17, 15) is 4.79 Å². The van der Waals surface area contributed by atoms with Crippen molar-refractivity contribution in [2.75, 3.05) is 18.4 Å². The van der Waals surface area contributed by atoms with E-state index in [0.29, 0.717) is 13.1 Å². The van der Waals surface area contributed by atoms with Gasteiger partial charge in [-0.25, -0.2) is 4.79 Å². The second kappa shape index (κ2) is 7.19. The number of fused-ring (bicyclic) bond motifs is 3. The summed E-state index contributed by atoms with van der Waals surface area (Å²) in [5.74, 6) is 0. The van der Waals surface area contributed by atoms with Gasteiger partial charge in [-0.2, -0.15) is 0 Å². The number of halogens is 1. The zero-order chi connectivity index (χ0) is 18.9. The molecule has 3 rings (SSSR count). The number of aromatic nitrogens is 1. The third kappa shape index (κ3) is 4.30. The molecule has 0 aliphatic carbocycles. The first-order valence-electron chi connectivity index (χ1n) is 8.65. The first-order chi connectivity index (χ1) is 12.2. The molecule has 0 aliphatic rings. The monoisotopic (exact) mass is 417 g/mol. The number of H-pyrrole nitrogens is 1. The van der Waals surface area contributed by atoms with E-state index in [2.05, 4.69) is 68.8 Å². The quantitative estimate of drug-likeness (QED) is 0.502. The minimum absolute atomic E-state index is 0.403. The maximum Gasteiger partial charge on any atom is 0.407 e. The highest BCUT2D eigenvalue weighted by Crippen LogP contribution is 2.33. The minimum Gasteiger partial charge on any atom is -0.444 e. The molecule has 138 valence electrons. The van der Waals surface area contributed by atoms with Crippen molar-refractivity contribution in [2.24, 2.45) is 0 Å². The van der Waals surface area contributed by atoms with Crippen LogP contribution in [0.1, 0.15) is 26.3 Å². The molecule has 6 heteroatoms. The van der Waals surface area contributed by atoms with E-state index in [4.69, 9.17) is 4.74 Å². The van der Waals surface area contributed by atoms with Crippen molar-refractivity contribution >= 4 is 49.5 Å². The number of aryl methyl sites for hydroxylation is 1. The molecule has 0 radical (unpaired) electrons. The normalized spacial score (nSPS) is 11.7. The van der Waals surface area contributed by atoms with Crippen molar-refractivity contribution < 1.29 is 9.53 Å². The predicted molar refractivity (Wildman–Crippen MR) is 111 cm³/mol. The van der Waals surface area contributed by atoms with E-state index in [0.717, 1.165) is 21.2 Å². The van der Waals surface area contributed by atoms with Crippen LogP contribution in [0, 0.1) is 6.92 Å². The molecule has 0 saturated carbocycles. The van der Waals surface area contributed by atoms with Gasteiger partial charge in [0.05, 0.1) is 5.69 Å². The number of anilines is 1. The summed E-state index contributed by atoms with van der Waals surface area (Å²) in [5.41, 5.74) is 3.94. The number of rotatable bonds is 4. The van der Waals surface area contributed by atoms with Crippen molar-refractivity contribution in [3.05, 3.63) is 40.4 Å². The topological polar surface area (TPSA) is 66.2 Å². The summed E-state index contributed by atoms with van der Waals surface area (Å²) < 4.78 is 6.21. The summed E-state index contributed by atoms with van der Waals surface area (Å²) in [6.45, 7) is 8.71. The summed E-state index contributed by atoms with van der Waals surface area (Å²) >= 11 is 3.64. The lowest BCUT2D eigenvalue weighted by molar-refractivity contribution is 0.0530. The Bertz CT molecular complexity index is 957. The summed E-state index contributed by atoms with van der Waals surface area (Å²) in [6, 6.07) is 10.6. The van der Waals surface area contributed by atoms with Crippen LogP contribution < -0.4 is 10.6 Å². The number of ether oxygens (including phenoxy) is 1. The third-order valence-electron chi connectivity index (χ3n) is 3.95. The average molecular weight is 418 g/mol. The largest absolute Gasteiger partial charge is 0.444 e. The number of alkyl carbamates (subject to hydrolysis) is 1. The van der Waals surface area contributed by atoms with E-state index in [1.165, 1.54) is 16.3 Å². The molecule has 2 aromatic carbocycles. The molecule has 3 aromatic rings. The Labute approximate surface area is 161 Å². The Morgan fingerprint density at radius 3 is 2.58 bits per heavy atom. The molecule has 5 nitrogen and oxygen atoms in total. The van der Waals surface area contributed by atoms with Crippen molar-refractivity contribution in [1.29, 1.82) is 0 Å². The van der Waals surface area contributed by atoms with Crippen molar-refractivity contribution in [3.63, 3.8) is 0 Å². The Kier molecular flexibility index (Phi) is 5.14. The molecule has 3 N–H and O–H groups in total. The van der Waals surface area contributed by atoms with Crippen LogP contribution in [0.3, 0.4) is 0 Å². The van der Waals surface area contributed by atoms with Gasteiger partial charge in [0, 0.05) is 39.4 Å². The van der Waals surface area contributed by atoms with Gasteiger partial charge in [0.25, 0.3) is 0 Å². The summed E-state index contributed by atoms with van der Waals surface area (Å²) in [6.07, 6.45) is -0.403. The fraction of sp³-hybridized carbons (Fsp3) is 0.350. The molecular weight excluding hydrogens is 394 g/mol. The smallest absolute Gasteiger partial charge is 0.407 e. The minimum atomic E-state index is -0.487. The molecule has 0 spiro atoms. The van der Waals surface area contributed by atoms with E-state index < -0.39 is 11.7 Å². The lowest BCUT2D eigenvalue weighted by Crippen LogP contribution is -2.35. The highest BCUT2D eigenvalue weighted by atomic mass is 79.9. The highest BCUT2D eigenvalue weighted by molar-refractivity contribution is 9.10. The van der Waals surface area contributed by atoms with Gasteiger partial charge in [-0.3, -0.25) is 0 Å². The van der Waals surface area contributed by atoms with Gasteiger partial charge in [-0.15, -0.1) is 0 Å². The Morgan fingerprint density at radius 2 is 1.85 bits per heavy atom. The van der Waals surface area contributed by atoms with Gasteiger partial charge < -0.3 is 20.4 Å². The zero-order valence-electron chi connectivity index (χ0n) is 15.5. The first kappa shape index (κ1) is 18.6. The van der Waals surface area contributed by atoms with Crippen LogP contribution in [0.15, 0.2) is 34.8 Å². The van der Waals surface area contributed by atoms with Crippen molar-refractivity contribution in [3.8, 4) is 0 Å². The van der Waals surface area contributed by atoms with E-state index in [1.807, 2.05) is 20.8 Å². The molecule has 0 aliphatic heterocycles. The Balaban J connectivity index is 1.68. The Morgan fingerprint density at radius 1 is 1.12 bits per heavy atom. The molecule has 0 unspecified atom stereocenters. The van der Waals surface area contributed by atoms with Crippen LogP contribution in [0.5, 0.6) is 0 Å². The number of amides is 1. The average Bonchev–Trinajstić information content (AvgIpc) is 2.87. The van der Waals surface area contributed by atoms with Crippen LogP contribution in [0.25, 0.3) is 21.8 Å². The Hall–Kier alpha value is -2.21. The van der Waals surface area contributed by atoms with E-state index in [-0.39, 0.29) is 0 Å². The molecule has 1 amide bonds. The van der Waals surface area contributed by atoms with E-state index >= 15 is 0 Å². The van der Waals surface area contributed by atoms with Gasteiger partial charge in [-0.1, -0.05) is 11.6 Å². The van der Waals surface area contributed by atoms with Gasteiger partial charge >= 0.3 is 6.09 Å². The number of carbonyl (C=O) groups excluding carboxylic acids is 1. The number of benzene rings is 2. The maximum absolute atomic E-state index is 11.7. The van der Waals surface area contributed by atoms with Crippen LogP contribution in [0.4, 0.5) is 10.5 Å². The maximum atomic E-state index is 11.7. The number of nitrogens with one attached hydrogen (secondary N) is 3. The van der Waals surface area contributed by atoms with Crippen LogP contribution in [0.2, 0.25) is 0 Å². The molecular formula is C20H24BrN3O2. The van der Waals surface area contributed by atoms with Gasteiger partial charge in [0.2, 0.25) is 0 Å². The fourth-order valence-corrected chi connectivity index (χ4v) is 3.33. The highest BCUT2D eigenvalue weighted by Gasteiger charge is 2.15. The van der Waals surface area contributed by atoms with Gasteiger partial charge in [0.1, 0.15) is 5.60 Å². The third-order valence-corrected chi connectivity index (χ3v) is 4.61. The molecule has 1 aromatic heterocycles. The molecule has 0 atom stereocenters.